The SMILES string of the molecule is C[C@@H](c1ccc(SOON)cc1)N1C(=O)[C@H]2CC1CN2C[C@H](N)C(=O)N1CCC[C@H]1C#N. The molecule has 2 bridgehead atoms. The highest BCUT2D eigenvalue weighted by Crippen LogP contribution is 2.38. The summed E-state index contributed by atoms with van der Waals surface area (Å²) in [5, 5.41) is 9.24. The first-order valence-corrected chi connectivity index (χ1v) is 11.5. The lowest BCUT2D eigenvalue weighted by Crippen LogP contribution is -2.56. The summed E-state index contributed by atoms with van der Waals surface area (Å²) in [6, 6.07) is 8.52. The average molecular weight is 461 g/mol. The first-order valence-electron chi connectivity index (χ1n) is 10.8. The Kier molecular flexibility index (Phi) is 6.99. The van der Waals surface area contributed by atoms with Gasteiger partial charge in [0.1, 0.15) is 6.04 Å². The van der Waals surface area contributed by atoms with E-state index < -0.39 is 6.04 Å². The van der Waals surface area contributed by atoms with Gasteiger partial charge in [0.05, 0.1) is 36.2 Å². The number of fused-ring (bicyclic) bond motifs is 2. The molecule has 4 N–H and O–H groups in total. The molecule has 3 saturated heterocycles. The lowest BCUT2D eigenvalue weighted by Gasteiger charge is -2.38. The first kappa shape index (κ1) is 23.0. The second kappa shape index (κ2) is 9.74. The van der Waals surface area contributed by atoms with Crippen molar-refractivity contribution in [3.8, 4) is 6.07 Å². The van der Waals surface area contributed by atoms with Crippen molar-refractivity contribution in [1.29, 1.82) is 5.26 Å². The minimum atomic E-state index is -0.730. The van der Waals surface area contributed by atoms with Crippen molar-refractivity contribution < 1.29 is 18.9 Å². The van der Waals surface area contributed by atoms with E-state index in [4.69, 9.17) is 11.6 Å². The maximum absolute atomic E-state index is 13.2. The zero-order valence-electron chi connectivity index (χ0n) is 17.9. The number of piperazine rings is 1. The van der Waals surface area contributed by atoms with E-state index in [1.54, 1.807) is 4.90 Å². The number of benzene rings is 1. The van der Waals surface area contributed by atoms with E-state index in [1.807, 2.05) is 41.0 Å². The van der Waals surface area contributed by atoms with E-state index in [-0.39, 0.29) is 36.0 Å². The van der Waals surface area contributed by atoms with E-state index in [0.717, 1.165) is 35.3 Å². The zero-order valence-corrected chi connectivity index (χ0v) is 18.7. The van der Waals surface area contributed by atoms with Gasteiger partial charge in [-0.25, -0.2) is 0 Å². The topological polar surface area (TPSA) is 138 Å². The number of nitriles is 1. The van der Waals surface area contributed by atoms with Gasteiger partial charge in [0.2, 0.25) is 11.8 Å². The molecule has 3 aliphatic rings. The quantitative estimate of drug-likeness (QED) is 0.326. The monoisotopic (exact) mass is 460 g/mol. The Morgan fingerprint density at radius 1 is 1.38 bits per heavy atom. The van der Waals surface area contributed by atoms with E-state index in [2.05, 4.69) is 15.4 Å². The molecular weight excluding hydrogens is 432 g/mol. The first-order chi connectivity index (χ1) is 15.4. The molecule has 172 valence electrons. The van der Waals surface area contributed by atoms with Gasteiger partial charge in [-0.3, -0.25) is 14.5 Å². The van der Waals surface area contributed by atoms with Crippen LogP contribution in [-0.2, 0) is 18.9 Å². The fourth-order valence-corrected chi connectivity index (χ4v) is 5.49. The van der Waals surface area contributed by atoms with Gasteiger partial charge in [-0.1, -0.05) is 12.1 Å². The average Bonchev–Trinajstić information content (AvgIpc) is 3.51. The number of rotatable bonds is 8. The number of amides is 2. The molecule has 1 unspecified atom stereocenters. The van der Waals surface area contributed by atoms with Crippen LogP contribution in [0.1, 0.15) is 37.8 Å². The highest BCUT2D eigenvalue weighted by molar-refractivity contribution is 7.94. The Hall–Kier alpha value is -2.20. The highest BCUT2D eigenvalue weighted by atomic mass is 32.2. The number of nitrogens with two attached hydrogens (primary N) is 2. The van der Waals surface area contributed by atoms with E-state index in [1.165, 1.54) is 0 Å². The van der Waals surface area contributed by atoms with Crippen molar-refractivity contribution in [2.24, 2.45) is 11.6 Å². The fourth-order valence-electron chi connectivity index (χ4n) is 5.13. The smallest absolute Gasteiger partial charge is 0.241 e. The molecule has 1 aromatic carbocycles. The summed E-state index contributed by atoms with van der Waals surface area (Å²) in [6.07, 6.45) is 2.26. The number of carbonyl (C=O) groups is 2. The zero-order chi connectivity index (χ0) is 22.8. The summed E-state index contributed by atoms with van der Waals surface area (Å²) in [6.45, 7) is 3.62. The lowest BCUT2D eigenvalue weighted by molar-refractivity contribution is -0.195. The minimum Gasteiger partial charge on any atom is -0.330 e. The van der Waals surface area contributed by atoms with Crippen molar-refractivity contribution in [1.82, 2.24) is 14.7 Å². The van der Waals surface area contributed by atoms with Crippen LogP contribution in [0.15, 0.2) is 29.2 Å². The van der Waals surface area contributed by atoms with E-state index in [0.29, 0.717) is 26.1 Å². The third-order valence-corrected chi connectivity index (χ3v) is 7.31. The van der Waals surface area contributed by atoms with Gasteiger partial charge in [0.15, 0.2) is 0 Å². The molecule has 32 heavy (non-hydrogen) atoms. The van der Waals surface area contributed by atoms with Gasteiger partial charge in [0.25, 0.3) is 0 Å². The molecule has 4 rings (SSSR count). The maximum Gasteiger partial charge on any atom is 0.241 e. The molecular formula is C21H28N6O4S. The predicted octanol–water partition coefficient (Wildman–Crippen LogP) is 0.704. The molecule has 3 aliphatic heterocycles. The minimum absolute atomic E-state index is 0.0679. The normalized spacial score (nSPS) is 27.1. The highest BCUT2D eigenvalue weighted by Gasteiger charge is 2.51. The lowest BCUT2D eigenvalue weighted by atomic mass is 10.1. The van der Waals surface area contributed by atoms with Crippen LogP contribution in [-0.4, -0.2) is 70.3 Å². The molecule has 3 fully saturated rings. The van der Waals surface area contributed by atoms with Crippen LogP contribution >= 0.6 is 12.0 Å². The molecule has 0 aliphatic carbocycles. The van der Waals surface area contributed by atoms with Gasteiger partial charge in [-0.2, -0.15) is 11.2 Å². The molecule has 0 radical (unpaired) electrons. The predicted molar refractivity (Wildman–Crippen MR) is 116 cm³/mol. The molecule has 0 aromatic heterocycles. The van der Waals surface area contributed by atoms with Crippen LogP contribution in [0.4, 0.5) is 0 Å². The van der Waals surface area contributed by atoms with Crippen LogP contribution < -0.4 is 11.6 Å². The second-order valence-electron chi connectivity index (χ2n) is 8.52. The van der Waals surface area contributed by atoms with Crippen molar-refractivity contribution in [2.45, 2.75) is 61.3 Å². The van der Waals surface area contributed by atoms with Crippen LogP contribution in [0.5, 0.6) is 0 Å². The van der Waals surface area contributed by atoms with Crippen LogP contribution in [0.2, 0.25) is 0 Å². The summed E-state index contributed by atoms with van der Waals surface area (Å²) < 4.78 is 4.65. The largest absolute Gasteiger partial charge is 0.330 e. The number of carbonyl (C=O) groups excluding carboxylic acids is 2. The van der Waals surface area contributed by atoms with Crippen molar-refractivity contribution in [2.75, 3.05) is 19.6 Å². The van der Waals surface area contributed by atoms with Crippen LogP contribution in [0, 0.1) is 11.3 Å². The molecule has 3 heterocycles. The Balaban J connectivity index is 1.35. The molecule has 11 heteroatoms. The molecule has 2 amide bonds. The summed E-state index contributed by atoms with van der Waals surface area (Å²) >= 11 is 1.01. The van der Waals surface area contributed by atoms with Gasteiger partial charge in [0, 0.05) is 30.6 Å². The fraction of sp³-hybridized carbons (Fsp3) is 0.571. The number of hydrogen-bond acceptors (Lipinski definition) is 9. The van der Waals surface area contributed by atoms with Gasteiger partial charge in [-0.15, -0.1) is 9.32 Å². The summed E-state index contributed by atoms with van der Waals surface area (Å²) in [5.74, 6) is 4.73. The Bertz CT molecular complexity index is 893. The molecule has 0 saturated carbocycles. The molecule has 0 spiro atoms. The van der Waals surface area contributed by atoms with Gasteiger partial charge < -0.3 is 15.5 Å². The van der Waals surface area contributed by atoms with E-state index >= 15 is 0 Å². The second-order valence-corrected chi connectivity index (χ2v) is 9.30. The third-order valence-electron chi connectivity index (χ3n) is 6.70. The number of likely N-dealkylation sites (tertiary alicyclic amines) is 3. The summed E-state index contributed by atoms with van der Waals surface area (Å²) in [5.41, 5.74) is 7.24. The van der Waals surface area contributed by atoms with Crippen LogP contribution in [0.25, 0.3) is 0 Å². The summed E-state index contributed by atoms with van der Waals surface area (Å²) in [4.78, 5) is 36.4. The van der Waals surface area contributed by atoms with Crippen molar-refractivity contribution in [3.05, 3.63) is 29.8 Å². The maximum atomic E-state index is 13.2. The summed E-state index contributed by atoms with van der Waals surface area (Å²) in [7, 11) is 0. The van der Waals surface area contributed by atoms with Crippen LogP contribution in [0.3, 0.4) is 0 Å². The number of hydrogen-bond donors (Lipinski definition) is 2. The van der Waals surface area contributed by atoms with E-state index in [9.17, 15) is 14.9 Å². The van der Waals surface area contributed by atoms with Gasteiger partial charge >= 0.3 is 0 Å². The molecule has 1 aromatic rings. The number of nitrogens with zero attached hydrogens (tertiary/aromatic N) is 4. The Morgan fingerprint density at radius 3 is 2.78 bits per heavy atom. The molecule has 5 atom stereocenters. The standard InChI is InChI=1S/C21H28N6O4S/c1-13(14-4-6-17(7-5-14)32-31-30-24)27-16-9-19(21(27)29)25(11-16)12-18(23)20(28)26-8-2-3-15(26)10-22/h4-7,13,15-16,18-19H,2-3,8-9,11-12,23-24H2,1H3/t13-,15-,16?,18-,19+/m0/s1. The Morgan fingerprint density at radius 2 is 2.12 bits per heavy atom. The molecule has 10 nitrogen and oxygen atoms in total. The van der Waals surface area contributed by atoms with Crippen molar-refractivity contribution in [3.63, 3.8) is 0 Å². The van der Waals surface area contributed by atoms with Gasteiger partial charge in [-0.05, 0) is 43.9 Å². The van der Waals surface area contributed by atoms with Crippen molar-refractivity contribution >= 4 is 23.9 Å². The Labute approximate surface area is 191 Å². The third kappa shape index (κ3) is 4.34.